The maximum atomic E-state index is 12.1. The molecular formula is C13H22N2O3. The predicted octanol–water partition coefficient (Wildman–Crippen LogP) is 1.68. The minimum atomic E-state index is -0.835. The lowest BCUT2D eigenvalue weighted by Crippen LogP contribution is -2.44. The van der Waals surface area contributed by atoms with E-state index < -0.39 is 11.9 Å². The van der Waals surface area contributed by atoms with Gasteiger partial charge in [0.2, 0.25) is 0 Å². The first kappa shape index (κ1) is 13.2. The Bertz CT molecular complexity index is 324. The molecule has 2 N–H and O–H groups in total. The molecule has 2 amide bonds. The van der Waals surface area contributed by atoms with Gasteiger partial charge in [-0.1, -0.05) is 6.92 Å². The highest BCUT2D eigenvalue weighted by Crippen LogP contribution is 2.34. The van der Waals surface area contributed by atoms with Crippen molar-refractivity contribution in [1.82, 2.24) is 10.2 Å². The standard InChI is InChI=1S/C13H22N2O3/c1-2-10(12(16)17)7-14-13(18)15(11-5-6-11)8-9-3-4-9/h9-11H,2-8H2,1H3,(H,14,18)(H,16,17). The summed E-state index contributed by atoms with van der Waals surface area (Å²) in [5.41, 5.74) is 0. The van der Waals surface area contributed by atoms with Gasteiger partial charge in [-0.15, -0.1) is 0 Å². The smallest absolute Gasteiger partial charge is 0.317 e. The molecular weight excluding hydrogens is 232 g/mol. The van der Waals surface area contributed by atoms with Crippen LogP contribution in [-0.2, 0) is 4.79 Å². The third-order valence-corrected chi connectivity index (χ3v) is 3.74. The van der Waals surface area contributed by atoms with Gasteiger partial charge in [-0.25, -0.2) is 4.79 Å². The van der Waals surface area contributed by atoms with E-state index in [0.29, 0.717) is 18.4 Å². The van der Waals surface area contributed by atoms with Gasteiger partial charge in [-0.05, 0) is 38.0 Å². The summed E-state index contributed by atoms with van der Waals surface area (Å²) in [5.74, 6) is -0.633. The highest BCUT2D eigenvalue weighted by atomic mass is 16.4. The largest absolute Gasteiger partial charge is 0.481 e. The van der Waals surface area contributed by atoms with Crippen LogP contribution in [0.4, 0.5) is 4.79 Å². The molecule has 102 valence electrons. The summed E-state index contributed by atoms with van der Waals surface area (Å²) in [5, 5.41) is 11.7. The lowest BCUT2D eigenvalue weighted by atomic mass is 10.1. The first-order valence-electron chi connectivity index (χ1n) is 6.89. The zero-order valence-corrected chi connectivity index (χ0v) is 10.9. The molecule has 1 atom stereocenters. The van der Waals surface area contributed by atoms with Gasteiger partial charge >= 0.3 is 12.0 Å². The Morgan fingerprint density at radius 1 is 1.33 bits per heavy atom. The van der Waals surface area contributed by atoms with Crippen molar-refractivity contribution in [2.75, 3.05) is 13.1 Å². The Hall–Kier alpha value is -1.26. The monoisotopic (exact) mass is 254 g/mol. The number of nitrogens with one attached hydrogen (secondary N) is 1. The second kappa shape index (κ2) is 5.59. The van der Waals surface area contributed by atoms with Crippen LogP contribution in [0.25, 0.3) is 0 Å². The highest BCUT2D eigenvalue weighted by molar-refractivity contribution is 5.76. The summed E-state index contributed by atoms with van der Waals surface area (Å²) in [7, 11) is 0. The predicted molar refractivity (Wildman–Crippen MR) is 67.3 cm³/mol. The second-order valence-corrected chi connectivity index (χ2v) is 5.46. The van der Waals surface area contributed by atoms with Crippen LogP contribution in [0.2, 0.25) is 0 Å². The number of nitrogens with zero attached hydrogens (tertiary/aromatic N) is 1. The molecule has 5 heteroatoms. The molecule has 18 heavy (non-hydrogen) atoms. The normalized spacial score (nSPS) is 20.3. The van der Waals surface area contributed by atoms with Gasteiger partial charge in [-0.2, -0.15) is 0 Å². The molecule has 2 saturated carbocycles. The fourth-order valence-corrected chi connectivity index (χ4v) is 2.08. The van der Waals surface area contributed by atoms with Crippen molar-refractivity contribution in [3.05, 3.63) is 0 Å². The average molecular weight is 254 g/mol. The van der Waals surface area contributed by atoms with Crippen molar-refractivity contribution in [3.8, 4) is 0 Å². The lowest BCUT2D eigenvalue weighted by molar-refractivity contribution is -0.141. The number of carbonyl (C=O) groups is 2. The third kappa shape index (κ3) is 3.62. The van der Waals surface area contributed by atoms with Crippen molar-refractivity contribution >= 4 is 12.0 Å². The Labute approximate surface area is 108 Å². The van der Waals surface area contributed by atoms with Gasteiger partial charge in [-0.3, -0.25) is 4.79 Å². The first-order chi connectivity index (χ1) is 8.61. The van der Waals surface area contributed by atoms with E-state index in [2.05, 4.69) is 5.32 Å². The number of amides is 2. The number of urea groups is 1. The van der Waals surface area contributed by atoms with Crippen molar-refractivity contribution < 1.29 is 14.7 Å². The van der Waals surface area contributed by atoms with E-state index in [1.807, 2.05) is 11.8 Å². The van der Waals surface area contributed by atoms with Crippen molar-refractivity contribution in [2.24, 2.45) is 11.8 Å². The summed E-state index contributed by atoms with van der Waals surface area (Å²) >= 11 is 0. The zero-order valence-electron chi connectivity index (χ0n) is 10.9. The van der Waals surface area contributed by atoms with Crippen LogP contribution in [0.15, 0.2) is 0 Å². The molecule has 0 radical (unpaired) electrons. The molecule has 2 aliphatic carbocycles. The van der Waals surface area contributed by atoms with E-state index in [1.54, 1.807) is 0 Å². The average Bonchev–Trinajstić information content (AvgIpc) is 3.18. The fraction of sp³-hybridized carbons (Fsp3) is 0.846. The van der Waals surface area contributed by atoms with Crippen molar-refractivity contribution in [3.63, 3.8) is 0 Å². The summed E-state index contributed by atoms with van der Waals surface area (Å²) < 4.78 is 0. The minimum absolute atomic E-state index is 0.0795. The topological polar surface area (TPSA) is 69.6 Å². The maximum Gasteiger partial charge on any atom is 0.317 e. The van der Waals surface area contributed by atoms with Gasteiger partial charge in [0.05, 0.1) is 5.92 Å². The summed E-state index contributed by atoms with van der Waals surface area (Å²) in [6.07, 6.45) is 5.18. The molecule has 0 aromatic rings. The van der Waals surface area contributed by atoms with E-state index in [4.69, 9.17) is 5.11 Å². The third-order valence-electron chi connectivity index (χ3n) is 3.74. The van der Waals surface area contributed by atoms with Crippen LogP contribution < -0.4 is 5.32 Å². The molecule has 0 aromatic heterocycles. The first-order valence-corrected chi connectivity index (χ1v) is 6.89. The molecule has 0 heterocycles. The zero-order chi connectivity index (χ0) is 13.1. The van der Waals surface area contributed by atoms with Crippen molar-refractivity contribution in [2.45, 2.75) is 45.1 Å². The molecule has 0 bridgehead atoms. The molecule has 0 aromatic carbocycles. The number of carboxylic acids is 1. The van der Waals surface area contributed by atoms with Gasteiger partial charge in [0.15, 0.2) is 0 Å². The molecule has 0 aliphatic heterocycles. The molecule has 5 nitrogen and oxygen atoms in total. The summed E-state index contributed by atoms with van der Waals surface area (Å²) in [6, 6.07) is 0.319. The van der Waals surface area contributed by atoms with E-state index in [-0.39, 0.29) is 12.6 Å². The molecule has 2 rings (SSSR count). The SMILES string of the molecule is CCC(CNC(=O)N(CC1CC1)C1CC1)C(=O)O. The van der Waals surface area contributed by atoms with Gasteiger partial charge in [0, 0.05) is 19.1 Å². The summed E-state index contributed by atoms with van der Waals surface area (Å²) in [6.45, 7) is 2.91. The number of carbonyl (C=O) groups excluding carboxylic acids is 1. The summed E-state index contributed by atoms with van der Waals surface area (Å²) in [4.78, 5) is 24.8. The number of hydrogen-bond acceptors (Lipinski definition) is 2. The van der Waals surface area contributed by atoms with Gasteiger partial charge < -0.3 is 15.3 Å². The Morgan fingerprint density at radius 2 is 2.00 bits per heavy atom. The van der Waals surface area contributed by atoms with Crippen molar-refractivity contribution in [1.29, 1.82) is 0 Å². The van der Waals surface area contributed by atoms with Gasteiger partial charge in [0.25, 0.3) is 0 Å². The van der Waals surface area contributed by atoms with Crippen LogP contribution >= 0.6 is 0 Å². The molecule has 1 unspecified atom stereocenters. The quantitative estimate of drug-likeness (QED) is 0.726. The Morgan fingerprint density at radius 3 is 2.44 bits per heavy atom. The van der Waals surface area contributed by atoms with E-state index in [0.717, 1.165) is 19.4 Å². The van der Waals surface area contributed by atoms with Gasteiger partial charge in [0.1, 0.15) is 0 Å². The number of aliphatic carboxylic acids is 1. The number of carboxylic acid groups (broad SMARTS) is 1. The van der Waals surface area contributed by atoms with Crippen LogP contribution in [-0.4, -0.2) is 41.1 Å². The Balaban J connectivity index is 1.78. The number of rotatable bonds is 7. The molecule has 0 spiro atoms. The van der Waals surface area contributed by atoms with Crippen LogP contribution in [0.5, 0.6) is 0 Å². The van der Waals surface area contributed by atoms with E-state index in [9.17, 15) is 9.59 Å². The van der Waals surface area contributed by atoms with Crippen LogP contribution in [0.1, 0.15) is 39.0 Å². The van der Waals surface area contributed by atoms with Crippen LogP contribution in [0.3, 0.4) is 0 Å². The second-order valence-electron chi connectivity index (χ2n) is 5.46. The number of hydrogen-bond donors (Lipinski definition) is 2. The van der Waals surface area contributed by atoms with E-state index >= 15 is 0 Å². The Kier molecular flexibility index (Phi) is 4.09. The van der Waals surface area contributed by atoms with E-state index in [1.165, 1.54) is 12.8 Å². The lowest BCUT2D eigenvalue weighted by Gasteiger charge is -2.23. The molecule has 2 fully saturated rings. The fourth-order valence-electron chi connectivity index (χ4n) is 2.08. The highest BCUT2D eigenvalue weighted by Gasteiger charge is 2.36. The minimum Gasteiger partial charge on any atom is -0.481 e. The molecule has 2 aliphatic rings. The maximum absolute atomic E-state index is 12.1. The van der Waals surface area contributed by atoms with Crippen LogP contribution in [0, 0.1) is 11.8 Å². The molecule has 0 saturated heterocycles.